The molecule has 9 heteroatoms. The molecule has 0 aromatic heterocycles. The Bertz CT molecular complexity index is 237. The van der Waals surface area contributed by atoms with Gasteiger partial charge in [0.15, 0.2) is 0 Å². The second-order valence-corrected chi connectivity index (χ2v) is 5.35. The average molecular weight is 233 g/mol. The largest absolute Gasteiger partial charge is 0.477 e. The van der Waals surface area contributed by atoms with Gasteiger partial charge in [-0.2, -0.15) is 4.31 Å². The summed E-state index contributed by atoms with van der Waals surface area (Å²) in [5.74, 6) is 0. The molecule has 1 unspecified atom stereocenters. The van der Waals surface area contributed by atoms with Crippen LogP contribution in [0, 0.1) is 0 Å². The fraction of sp³-hybridized carbons (Fsp3) is 1.00. The van der Waals surface area contributed by atoms with Crippen LogP contribution >= 0.6 is 15.6 Å². The summed E-state index contributed by atoms with van der Waals surface area (Å²) in [6.07, 6.45) is 1.41. The summed E-state index contributed by atoms with van der Waals surface area (Å²) in [5.41, 5.74) is 0. The van der Waals surface area contributed by atoms with Crippen molar-refractivity contribution in [2.45, 2.75) is 19.8 Å². The van der Waals surface area contributed by atoms with Crippen LogP contribution in [-0.2, 0) is 13.4 Å². The molecular formula is C4H13NO6P2. The first-order chi connectivity index (χ1) is 5.77. The maximum atomic E-state index is 10.8. The summed E-state index contributed by atoms with van der Waals surface area (Å²) in [6.45, 7) is 2.04. The molecule has 0 aliphatic carbocycles. The van der Waals surface area contributed by atoms with Gasteiger partial charge in [-0.05, 0) is 6.42 Å². The normalized spacial score (nSPS) is 16.9. The van der Waals surface area contributed by atoms with Crippen LogP contribution in [0.4, 0.5) is 0 Å². The van der Waals surface area contributed by atoms with Crippen LogP contribution < -0.4 is 5.09 Å². The summed E-state index contributed by atoms with van der Waals surface area (Å²) in [4.78, 5) is 25.3. The van der Waals surface area contributed by atoms with Crippen molar-refractivity contribution in [2.24, 2.45) is 0 Å². The molecule has 13 heavy (non-hydrogen) atoms. The average Bonchev–Trinajstić information content (AvgIpc) is 1.81. The van der Waals surface area contributed by atoms with E-state index >= 15 is 0 Å². The smallest absolute Gasteiger partial charge is 0.312 e. The minimum absolute atomic E-state index is 0.171. The molecule has 0 rings (SSSR count). The summed E-state index contributed by atoms with van der Waals surface area (Å²) >= 11 is 0. The van der Waals surface area contributed by atoms with Gasteiger partial charge in [-0.25, -0.2) is 14.2 Å². The Balaban J connectivity index is 3.95. The highest BCUT2D eigenvalue weighted by molar-refractivity contribution is 7.62. The molecule has 80 valence electrons. The SMILES string of the molecule is CCCCNP(=O)(O)OP(=O)(O)O. The molecule has 0 saturated heterocycles. The van der Waals surface area contributed by atoms with E-state index in [2.05, 4.69) is 4.31 Å². The number of unbranched alkanes of at least 4 members (excludes halogenated alkanes) is 1. The molecule has 0 bridgehead atoms. The monoisotopic (exact) mass is 233 g/mol. The van der Waals surface area contributed by atoms with Crippen LogP contribution in [-0.4, -0.2) is 21.2 Å². The lowest BCUT2D eigenvalue weighted by molar-refractivity contribution is 0.258. The zero-order valence-electron chi connectivity index (χ0n) is 7.08. The van der Waals surface area contributed by atoms with E-state index in [4.69, 9.17) is 14.7 Å². The van der Waals surface area contributed by atoms with Crippen LogP contribution in [0.1, 0.15) is 19.8 Å². The Morgan fingerprint density at radius 3 is 2.23 bits per heavy atom. The van der Waals surface area contributed by atoms with E-state index in [0.717, 1.165) is 6.42 Å². The van der Waals surface area contributed by atoms with Crippen molar-refractivity contribution in [2.75, 3.05) is 6.54 Å². The van der Waals surface area contributed by atoms with Crippen LogP contribution in [0.15, 0.2) is 0 Å². The molecule has 0 radical (unpaired) electrons. The number of rotatable bonds is 6. The third-order valence-electron chi connectivity index (χ3n) is 1.06. The fourth-order valence-corrected chi connectivity index (χ4v) is 2.40. The molecule has 0 aromatic carbocycles. The van der Waals surface area contributed by atoms with Crippen molar-refractivity contribution in [3.05, 3.63) is 0 Å². The minimum atomic E-state index is -4.91. The number of hydrogen-bond acceptors (Lipinski definition) is 3. The Hall–Kier alpha value is 0.260. The van der Waals surface area contributed by atoms with Crippen molar-refractivity contribution in [3.8, 4) is 0 Å². The van der Waals surface area contributed by atoms with E-state index in [1.807, 2.05) is 12.0 Å². The lowest BCUT2D eigenvalue weighted by atomic mass is 10.3. The van der Waals surface area contributed by atoms with Crippen molar-refractivity contribution < 1.29 is 28.1 Å². The minimum Gasteiger partial charge on any atom is -0.312 e. The first kappa shape index (κ1) is 13.3. The topological polar surface area (TPSA) is 116 Å². The maximum absolute atomic E-state index is 10.8. The summed E-state index contributed by atoms with van der Waals surface area (Å²) in [5, 5.41) is 2.01. The number of phosphoric acid groups is 1. The molecule has 0 heterocycles. The first-order valence-electron chi connectivity index (χ1n) is 3.61. The van der Waals surface area contributed by atoms with Gasteiger partial charge >= 0.3 is 15.6 Å². The van der Waals surface area contributed by atoms with Crippen LogP contribution in [0.3, 0.4) is 0 Å². The zero-order chi connectivity index (χ0) is 10.5. The summed E-state index contributed by atoms with van der Waals surface area (Å²) < 4.78 is 24.7. The van der Waals surface area contributed by atoms with Gasteiger partial charge in [0, 0.05) is 6.54 Å². The number of nitrogens with one attached hydrogen (secondary N) is 1. The van der Waals surface area contributed by atoms with Gasteiger partial charge in [0.2, 0.25) is 0 Å². The van der Waals surface area contributed by atoms with E-state index in [1.165, 1.54) is 0 Å². The van der Waals surface area contributed by atoms with Gasteiger partial charge in [0.05, 0.1) is 0 Å². The highest BCUT2D eigenvalue weighted by Crippen LogP contribution is 2.54. The fourth-order valence-electron chi connectivity index (χ4n) is 0.570. The molecule has 0 saturated carbocycles. The van der Waals surface area contributed by atoms with Gasteiger partial charge in [0.25, 0.3) is 0 Å². The van der Waals surface area contributed by atoms with Crippen molar-refractivity contribution in [1.29, 1.82) is 0 Å². The predicted molar refractivity (Wildman–Crippen MR) is 45.9 cm³/mol. The summed E-state index contributed by atoms with van der Waals surface area (Å²) in [7, 11) is -9.27. The van der Waals surface area contributed by atoms with E-state index in [0.29, 0.717) is 6.42 Å². The molecule has 0 aliphatic heterocycles. The highest BCUT2D eigenvalue weighted by atomic mass is 31.3. The van der Waals surface area contributed by atoms with Gasteiger partial charge in [0.1, 0.15) is 0 Å². The third-order valence-corrected chi connectivity index (χ3v) is 3.42. The van der Waals surface area contributed by atoms with Gasteiger partial charge < -0.3 is 14.7 Å². The number of hydrogen-bond donors (Lipinski definition) is 4. The van der Waals surface area contributed by atoms with Gasteiger partial charge in [-0.1, -0.05) is 13.3 Å². The Morgan fingerprint density at radius 1 is 1.31 bits per heavy atom. The molecule has 7 nitrogen and oxygen atoms in total. The van der Waals surface area contributed by atoms with Crippen molar-refractivity contribution in [1.82, 2.24) is 5.09 Å². The van der Waals surface area contributed by atoms with E-state index in [9.17, 15) is 9.13 Å². The van der Waals surface area contributed by atoms with Crippen molar-refractivity contribution in [3.63, 3.8) is 0 Å². The molecule has 4 N–H and O–H groups in total. The predicted octanol–water partition coefficient (Wildman–Crippen LogP) is 0.586. The van der Waals surface area contributed by atoms with E-state index < -0.39 is 15.6 Å². The lowest BCUT2D eigenvalue weighted by Crippen LogP contribution is -2.12. The van der Waals surface area contributed by atoms with Gasteiger partial charge in [-0.15, -0.1) is 0 Å². The molecule has 0 amide bonds. The maximum Gasteiger partial charge on any atom is 0.477 e. The summed E-state index contributed by atoms with van der Waals surface area (Å²) in [6, 6.07) is 0. The quantitative estimate of drug-likeness (QED) is 0.391. The highest BCUT2D eigenvalue weighted by Gasteiger charge is 2.29. The molecule has 1 atom stereocenters. The Kier molecular flexibility index (Phi) is 5.32. The molecule has 0 aliphatic rings. The third kappa shape index (κ3) is 8.59. The molecule has 0 spiro atoms. The lowest BCUT2D eigenvalue weighted by Gasteiger charge is -2.12. The molecule has 0 fully saturated rings. The van der Waals surface area contributed by atoms with E-state index in [-0.39, 0.29) is 6.54 Å². The first-order valence-corrected chi connectivity index (χ1v) is 6.72. The van der Waals surface area contributed by atoms with Crippen molar-refractivity contribution >= 4 is 15.6 Å². The van der Waals surface area contributed by atoms with Gasteiger partial charge in [-0.3, -0.25) is 0 Å². The van der Waals surface area contributed by atoms with Crippen LogP contribution in [0.5, 0.6) is 0 Å². The second-order valence-electron chi connectivity index (χ2n) is 2.35. The van der Waals surface area contributed by atoms with Crippen LogP contribution in [0.25, 0.3) is 0 Å². The second kappa shape index (κ2) is 5.22. The molecule has 0 aromatic rings. The zero-order valence-corrected chi connectivity index (χ0v) is 8.87. The molecular weight excluding hydrogens is 220 g/mol. The Labute approximate surface area is 75.9 Å². The standard InChI is InChI=1S/C4H13NO6P2/c1-2-3-4-5-12(6,7)11-13(8,9)10/h2-4H2,1H3,(H2,5,6,7)(H2,8,9,10). The Morgan fingerprint density at radius 2 is 1.85 bits per heavy atom. The van der Waals surface area contributed by atoms with E-state index in [1.54, 1.807) is 0 Å². The van der Waals surface area contributed by atoms with Crippen LogP contribution in [0.2, 0.25) is 0 Å².